The molecule has 1 aromatic heterocycles. The SMILES string of the molecule is Cc1ccccc1-c1nnsc1CBr. The second-order valence-corrected chi connectivity index (χ2v) is 4.39. The Labute approximate surface area is 95.3 Å². The number of benzene rings is 1. The van der Waals surface area contributed by atoms with Crippen molar-refractivity contribution in [1.82, 2.24) is 9.59 Å². The summed E-state index contributed by atoms with van der Waals surface area (Å²) in [4.78, 5) is 1.18. The van der Waals surface area contributed by atoms with Crippen LogP contribution in [-0.4, -0.2) is 9.59 Å². The van der Waals surface area contributed by atoms with Crippen LogP contribution in [0.15, 0.2) is 24.3 Å². The van der Waals surface area contributed by atoms with Crippen molar-refractivity contribution in [3.8, 4) is 11.3 Å². The molecule has 0 saturated heterocycles. The largest absolute Gasteiger partial charge is 0.138 e. The van der Waals surface area contributed by atoms with E-state index in [1.807, 2.05) is 12.1 Å². The summed E-state index contributed by atoms with van der Waals surface area (Å²) in [6.45, 7) is 2.09. The molecular formula is C10H9BrN2S. The molecule has 0 aliphatic heterocycles. The smallest absolute Gasteiger partial charge is 0.110 e. The molecular weight excluding hydrogens is 260 g/mol. The Bertz CT molecular complexity index is 439. The molecule has 0 atom stereocenters. The van der Waals surface area contributed by atoms with Gasteiger partial charge in [0.1, 0.15) is 5.69 Å². The number of nitrogens with zero attached hydrogens (tertiary/aromatic N) is 2. The zero-order chi connectivity index (χ0) is 9.97. The molecule has 72 valence electrons. The van der Waals surface area contributed by atoms with Gasteiger partial charge in [0.25, 0.3) is 0 Å². The third kappa shape index (κ3) is 1.72. The first-order valence-corrected chi connectivity index (χ1v) is 6.15. The maximum absolute atomic E-state index is 4.16. The summed E-state index contributed by atoms with van der Waals surface area (Å²) in [5.41, 5.74) is 3.42. The first kappa shape index (κ1) is 9.80. The van der Waals surface area contributed by atoms with E-state index in [1.165, 1.54) is 27.5 Å². The predicted molar refractivity (Wildman–Crippen MR) is 62.7 cm³/mol. The topological polar surface area (TPSA) is 25.8 Å². The molecule has 4 heteroatoms. The van der Waals surface area contributed by atoms with E-state index in [4.69, 9.17) is 0 Å². The maximum atomic E-state index is 4.16. The van der Waals surface area contributed by atoms with E-state index in [1.54, 1.807) is 0 Å². The quantitative estimate of drug-likeness (QED) is 0.781. The Balaban J connectivity index is 2.54. The average molecular weight is 269 g/mol. The summed E-state index contributed by atoms with van der Waals surface area (Å²) in [5, 5.41) is 4.97. The number of halogens is 1. The molecule has 0 unspecified atom stereocenters. The molecule has 0 aliphatic rings. The molecule has 2 nitrogen and oxygen atoms in total. The predicted octanol–water partition coefficient (Wildman–Crippen LogP) is 3.41. The second-order valence-electron chi connectivity index (χ2n) is 2.99. The van der Waals surface area contributed by atoms with Crippen molar-refractivity contribution < 1.29 is 0 Å². The minimum atomic E-state index is 0.814. The van der Waals surface area contributed by atoms with Crippen LogP contribution in [0.1, 0.15) is 10.4 Å². The summed E-state index contributed by atoms with van der Waals surface area (Å²) < 4.78 is 3.97. The Morgan fingerprint density at radius 3 is 2.86 bits per heavy atom. The van der Waals surface area contributed by atoms with Crippen LogP contribution in [0.25, 0.3) is 11.3 Å². The molecule has 2 rings (SSSR count). The summed E-state index contributed by atoms with van der Waals surface area (Å²) >= 11 is 4.88. The standard InChI is InChI=1S/C10H9BrN2S/c1-7-4-2-3-5-8(7)10-9(6-11)14-13-12-10/h2-5H,6H2,1H3. The van der Waals surface area contributed by atoms with Gasteiger partial charge in [-0.15, -0.1) is 5.10 Å². The van der Waals surface area contributed by atoms with Crippen molar-refractivity contribution in [3.63, 3.8) is 0 Å². The van der Waals surface area contributed by atoms with E-state index in [0.29, 0.717) is 0 Å². The van der Waals surface area contributed by atoms with Crippen LogP contribution >= 0.6 is 27.5 Å². The van der Waals surface area contributed by atoms with Gasteiger partial charge in [-0.25, -0.2) is 0 Å². The molecule has 0 bridgehead atoms. The van der Waals surface area contributed by atoms with Crippen LogP contribution in [0, 0.1) is 6.92 Å². The van der Waals surface area contributed by atoms with E-state index in [-0.39, 0.29) is 0 Å². The fraction of sp³-hybridized carbons (Fsp3) is 0.200. The number of hydrogen-bond donors (Lipinski definition) is 0. The summed E-state index contributed by atoms with van der Waals surface area (Å²) in [5.74, 6) is 0. The minimum absolute atomic E-state index is 0.814. The van der Waals surface area contributed by atoms with E-state index in [0.717, 1.165) is 11.0 Å². The molecule has 0 aliphatic carbocycles. The lowest BCUT2D eigenvalue weighted by molar-refractivity contribution is 1.15. The summed E-state index contributed by atoms with van der Waals surface area (Å²) in [7, 11) is 0. The molecule has 0 fully saturated rings. The second kappa shape index (κ2) is 4.19. The molecule has 2 aromatic rings. The summed E-state index contributed by atoms with van der Waals surface area (Å²) in [6.07, 6.45) is 0. The highest BCUT2D eigenvalue weighted by Crippen LogP contribution is 2.27. The van der Waals surface area contributed by atoms with Gasteiger partial charge in [-0.3, -0.25) is 0 Å². The van der Waals surface area contributed by atoms with Crippen LogP contribution in [0.5, 0.6) is 0 Å². The van der Waals surface area contributed by atoms with E-state index in [9.17, 15) is 0 Å². The number of hydrogen-bond acceptors (Lipinski definition) is 3. The first-order chi connectivity index (χ1) is 6.83. The zero-order valence-corrected chi connectivity index (χ0v) is 10.1. The Morgan fingerprint density at radius 1 is 1.36 bits per heavy atom. The number of aromatic nitrogens is 2. The fourth-order valence-electron chi connectivity index (χ4n) is 1.34. The Morgan fingerprint density at radius 2 is 2.14 bits per heavy atom. The number of aryl methyl sites for hydroxylation is 1. The zero-order valence-electron chi connectivity index (χ0n) is 7.70. The molecule has 0 amide bonds. The Hall–Kier alpha value is -0.740. The normalized spacial score (nSPS) is 10.4. The van der Waals surface area contributed by atoms with Crippen LogP contribution < -0.4 is 0 Å². The average Bonchev–Trinajstić information content (AvgIpc) is 2.66. The highest BCUT2D eigenvalue weighted by Gasteiger charge is 2.10. The molecule has 0 N–H and O–H groups in total. The van der Waals surface area contributed by atoms with Crippen molar-refractivity contribution >= 4 is 27.5 Å². The van der Waals surface area contributed by atoms with Gasteiger partial charge in [0.15, 0.2) is 0 Å². The lowest BCUT2D eigenvalue weighted by Gasteiger charge is -2.02. The molecule has 0 saturated carbocycles. The summed E-state index contributed by atoms with van der Waals surface area (Å²) in [6, 6.07) is 8.23. The number of alkyl halides is 1. The monoisotopic (exact) mass is 268 g/mol. The lowest BCUT2D eigenvalue weighted by Crippen LogP contribution is -1.86. The van der Waals surface area contributed by atoms with Crippen molar-refractivity contribution in [2.24, 2.45) is 0 Å². The van der Waals surface area contributed by atoms with Gasteiger partial charge in [0, 0.05) is 10.9 Å². The van der Waals surface area contributed by atoms with Crippen LogP contribution in [0.4, 0.5) is 0 Å². The fourth-order valence-corrected chi connectivity index (χ4v) is 2.42. The van der Waals surface area contributed by atoms with Crippen molar-refractivity contribution in [1.29, 1.82) is 0 Å². The van der Waals surface area contributed by atoms with E-state index in [2.05, 4.69) is 44.6 Å². The highest BCUT2D eigenvalue weighted by molar-refractivity contribution is 9.08. The van der Waals surface area contributed by atoms with Gasteiger partial charge in [0.2, 0.25) is 0 Å². The maximum Gasteiger partial charge on any atom is 0.110 e. The van der Waals surface area contributed by atoms with E-state index < -0.39 is 0 Å². The molecule has 1 aromatic carbocycles. The van der Waals surface area contributed by atoms with Crippen LogP contribution in [-0.2, 0) is 5.33 Å². The lowest BCUT2D eigenvalue weighted by atomic mass is 10.1. The van der Waals surface area contributed by atoms with Gasteiger partial charge >= 0.3 is 0 Å². The van der Waals surface area contributed by atoms with E-state index >= 15 is 0 Å². The van der Waals surface area contributed by atoms with Gasteiger partial charge in [-0.05, 0) is 24.0 Å². The molecule has 0 radical (unpaired) electrons. The number of rotatable bonds is 2. The van der Waals surface area contributed by atoms with Gasteiger partial charge < -0.3 is 0 Å². The van der Waals surface area contributed by atoms with Crippen molar-refractivity contribution in [3.05, 3.63) is 34.7 Å². The minimum Gasteiger partial charge on any atom is -0.138 e. The molecule has 0 spiro atoms. The van der Waals surface area contributed by atoms with Gasteiger partial charge in [-0.1, -0.05) is 44.7 Å². The Kier molecular flexibility index (Phi) is 2.93. The van der Waals surface area contributed by atoms with Crippen molar-refractivity contribution in [2.45, 2.75) is 12.3 Å². The first-order valence-electron chi connectivity index (χ1n) is 4.26. The highest BCUT2D eigenvalue weighted by atomic mass is 79.9. The van der Waals surface area contributed by atoms with Gasteiger partial charge in [-0.2, -0.15) is 0 Å². The van der Waals surface area contributed by atoms with Crippen molar-refractivity contribution in [2.75, 3.05) is 0 Å². The van der Waals surface area contributed by atoms with Crippen LogP contribution in [0.3, 0.4) is 0 Å². The van der Waals surface area contributed by atoms with Crippen LogP contribution in [0.2, 0.25) is 0 Å². The molecule has 1 heterocycles. The third-order valence-electron chi connectivity index (χ3n) is 2.08. The third-order valence-corrected chi connectivity index (χ3v) is 3.73. The van der Waals surface area contributed by atoms with Gasteiger partial charge in [0.05, 0.1) is 4.88 Å². The molecule has 14 heavy (non-hydrogen) atoms.